The van der Waals surface area contributed by atoms with Crippen molar-refractivity contribution in [2.24, 2.45) is 0 Å². The van der Waals surface area contributed by atoms with Gasteiger partial charge in [-0.15, -0.1) is 0 Å². The maximum Gasteiger partial charge on any atom is 0.164 e. The van der Waals surface area contributed by atoms with Crippen molar-refractivity contribution in [1.29, 1.82) is 0 Å². The molecule has 9 rings (SSSR count). The number of benzene rings is 8. The van der Waals surface area contributed by atoms with E-state index in [0.717, 1.165) is 44.0 Å². The quantitative estimate of drug-likeness (QED) is 0.193. The van der Waals surface area contributed by atoms with Gasteiger partial charge in [-0.25, -0.2) is 15.0 Å². The molecule has 0 saturated heterocycles. The van der Waals surface area contributed by atoms with Crippen molar-refractivity contribution in [2.75, 3.05) is 0 Å². The molecule has 0 amide bonds. The summed E-state index contributed by atoms with van der Waals surface area (Å²) in [7, 11) is 0. The molecule has 0 aliphatic rings. The number of hydrogen-bond acceptors (Lipinski definition) is 3. The lowest BCUT2D eigenvalue weighted by Crippen LogP contribution is -2.01. The van der Waals surface area contributed by atoms with Crippen molar-refractivity contribution in [3.63, 3.8) is 0 Å². The number of rotatable bonds is 4. The van der Waals surface area contributed by atoms with E-state index in [-0.39, 0.29) is 0 Å². The van der Waals surface area contributed by atoms with E-state index in [0.29, 0.717) is 17.5 Å². The summed E-state index contributed by atoms with van der Waals surface area (Å²) in [5.41, 5.74) is 5.20. The molecule has 0 aliphatic heterocycles. The largest absolute Gasteiger partial charge is 0.208 e. The number of aromatic nitrogens is 3. The zero-order valence-corrected chi connectivity index (χ0v) is 24.9. The minimum Gasteiger partial charge on any atom is -0.208 e. The van der Waals surface area contributed by atoms with E-state index in [1.807, 2.05) is 18.2 Å². The van der Waals surface area contributed by atoms with E-state index in [1.165, 1.54) is 26.9 Å². The third kappa shape index (κ3) is 4.41. The number of hydrogen-bond donors (Lipinski definition) is 0. The van der Waals surface area contributed by atoms with E-state index < -0.39 is 0 Å². The predicted octanol–water partition coefficient (Wildman–Crippen LogP) is 11.2. The number of nitrogens with zero attached hydrogens (tertiary/aromatic N) is 3. The summed E-state index contributed by atoms with van der Waals surface area (Å²) in [5, 5.41) is 9.51. The van der Waals surface area contributed by atoms with Crippen LogP contribution in [0.1, 0.15) is 0 Å². The van der Waals surface area contributed by atoms with Gasteiger partial charge in [0.1, 0.15) is 0 Å². The van der Waals surface area contributed by atoms with Gasteiger partial charge in [0.15, 0.2) is 17.5 Å². The van der Waals surface area contributed by atoms with Crippen LogP contribution in [0.2, 0.25) is 0 Å². The summed E-state index contributed by atoms with van der Waals surface area (Å²) in [6, 6.07) is 57.5. The summed E-state index contributed by atoms with van der Waals surface area (Å²) in [5.74, 6) is 1.96. The van der Waals surface area contributed by atoms with Crippen molar-refractivity contribution in [3.8, 4) is 45.3 Å². The Morgan fingerprint density at radius 3 is 1.67 bits per heavy atom. The molecule has 1 heterocycles. The van der Waals surface area contributed by atoms with Gasteiger partial charge >= 0.3 is 0 Å². The van der Waals surface area contributed by atoms with Crippen LogP contribution in [-0.2, 0) is 0 Å². The summed E-state index contributed by atoms with van der Waals surface area (Å²) in [6.45, 7) is 0. The SMILES string of the molecule is c1ccc(-c2nc(-c3cc(-c4ccccc4)c4ccccc4c3)nc(-c3cccc4ccc5c6ccccc6ccc5c34)n2)cc1. The Hall–Kier alpha value is -6.19. The average Bonchev–Trinajstić information content (AvgIpc) is 3.14. The first-order valence-electron chi connectivity index (χ1n) is 15.5. The molecular formula is C43H27N3. The molecule has 0 fully saturated rings. The molecule has 9 aromatic rings. The summed E-state index contributed by atoms with van der Waals surface area (Å²) < 4.78 is 0. The Morgan fingerprint density at radius 2 is 0.870 bits per heavy atom. The lowest BCUT2D eigenvalue weighted by atomic mass is 9.94. The van der Waals surface area contributed by atoms with Crippen LogP contribution < -0.4 is 0 Å². The first-order valence-corrected chi connectivity index (χ1v) is 15.5. The molecule has 214 valence electrons. The van der Waals surface area contributed by atoms with Gasteiger partial charge in [-0.2, -0.15) is 0 Å². The highest BCUT2D eigenvalue weighted by Crippen LogP contribution is 2.38. The first-order chi connectivity index (χ1) is 22.8. The third-order valence-electron chi connectivity index (χ3n) is 8.88. The molecule has 0 atom stereocenters. The highest BCUT2D eigenvalue weighted by Gasteiger charge is 2.17. The molecule has 0 radical (unpaired) electrons. The van der Waals surface area contributed by atoms with Crippen LogP contribution in [0.5, 0.6) is 0 Å². The van der Waals surface area contributed by atoms with Crippen LogP contribution in [-0.4, -0.2) is 15.0 Å². The maximum atomic E-state index is 5.24. The molecule has 3 nitrogen and oxygen atoms in total. The Balaban J connectivity index is 1.34. The highest BCUT2D eigenvalue weighted by molar-refractivity contribution is 6.20. The van der Waals surface area contributed by atoms with Crippen molar-refractivity contribution in [1.82, 2.24) is 15.0 Å². The normalized spacial score (nSPS) is 11.5. The van der Waals surface area contributed by atoms with Crippen LogP contribution in [0.3, 0.4) is 0 Å². The minimum atomic E-state index is 0.648. The fourth-order valence-electron chi connectivity index (χ4n) is 6.70. The van der Waals surface area contributed by atoms with Crippen molar-refractivity contribution >= 4 is 43.1 Å². The van der Waals surface area contributed by atoms with Gasteiger partial charge in [-0.3, -0.25) is 0 Å². The molecule has 0 N–H and O–H groups in total. The Kier molecular flexibility index (Phi) is 6.14. The summed E-state index contributed by atoms with van der Waals surface area (Å²) in [4.78, 5) is 15.5. The standard InChI is InChI=1S/C43H27N3/c1-3-12-28(13-4-1)39-27-33(26-32-17-8-10-20-35(32)39)42-44-41(31-15-5-2-6-16-31)45-43(46-42)38-21-11-18-30-23-24-36-34-19-9-7-14-29(34)22-25-37(36)40(30)38/h1-27H. The van der Waals surface area contributed by atoms with Crippen molar-refractivity contribution in [2.45, 2.75) is 0 Å². The Labute approximate surface area is 266 Å². The fraction of sp³-hybridized carbons (Fsp3) is 0. The zero-order valence-electron chi connectivity index (χ0n) is 24.9. The van der Waals surface area contributed by atoms with Gasteiger partial charge in [-0.05, 0) is 61.0 Å². The molecule has 0 unspecified atom stereocenters. The molecular weight excluding hydrogens is 558 g/mol. The van der Waals surface area contributed by atoms with Crippen LogP contribution in [0, 0.1) is 0 Å². The predicted molar refractivity (Wildman–Crippen MR) is 192 cm³/mol. The summed E-state index contributed by atoms with van der Waals surface area (Å²) in [6.07, 6.45) is 0. The number of fused-ring (bicyclic) bond motifs is 6. The van der Waals surface area contributed by atoms with Gasteiger partial charge in [-0.1, -0.05) is 152 Å². The van der Waals surface area contributed by atoms with Crippen molar-refractivity contribution in [3.05, 3.63) is 164 Å². The van der Waals surface area contributed by atoms with E-state index in [9.17, 15) is 0 Å². The molecule has 3 heteroatoms. The van der Waals surface area contributed by atoms with Crippen molar-refractivity contribution < 1.29 is 0 Å². The van der Waals surface area contributed by atoms with E-state index in [2.05, 4.69) is 146 Å². The monoisotopic (exact) mass is 585 g/mol. The topological polar surface area (TPSA) is 38.7 Å². The molecule has 0 aliphatic carbocycles. The molecule has 1 aromatic heterocycles. The van der Waals surface area contributed by atoms with Gasteiger partial charge < -0.3 is 0 Å². The fourth-order valence-corrected chi connectivity index (χ4v) is 6.70. The minimum absolute atomic E-state index is 0.648. The zero-order chi connectivity index (χ0) is 30.5. The van der Waals surface area contributed by atoms with Crippen LogP contribution >= 0.6 is 0 Å². The average molecular weight is 586 g/mol. The molecule has 0 spiro atoms. The van der Waals surface area contributed by atoms with E-state index in [4.69, 9.17) is 15.0 Å². The second kappa shape index (κ2) is 10.8. The summed E-state index contributed by atoms with van der Waals surface area (Å²) >= 11 is 0. The van der Waals surface area contributed by atoms with Gasteiger partial charge in [0.2, 0.25) is 0 Å². The van der Waals surface area contributed by atoms with Gasteiger partial charge in [0.25, 0.3) is 0 Å². The second-order valence-electron chi connectivity index (χ2n) is 11.6. The third-order valence-corrected chi connectivity index (χ3v) is 8.88. The van der Waals surface area contributed by atoms with Crippen LogP contribution in [0.25, 0.3) is 88.4 Å². The second-order valence-corrected chi connectivity index (χ2v) is 11.6. The van der Waals surface area contributed by atoms with Crippen LogP contribution in [0.15, 0.2) is 164 Å². The van der Waals surface area contributed by atoms with E-state index >= 15 is 0 Å². The first kappa shape index (κ1) is 26.2. The lowest BCUT2D eigenvalue weighted by molar-refractivity contribution is 1.08. The Morgan fingerprint density at radius 1 is 0.283 bits per heavy atom. The van der Waals surface area contributed by atoms with Crippen LogP contribution in [0.4, 0.5) is 0 Å². The maximum absolute atomic E-state index is 5.24. The highest BCUT2D eigenvalue weighted by atomic mass is 15.0. The molecule has 0 saturated carbocycles. The molecule has 46 heavy (non-hydrogen) atoms. The molecule has 0 bridgehead atoms. The Bertz CT molecular complexity index is 2570. The smallest absolute Gasteiger partial charge is 0.164 e. The van der Waals surface area contributed by atoms with Gasteiger partial charge in [0, 0.05) is 22.1 Å². The van der Waals surface area contributed by atoms with E-state index in [1.54, 1.807) is 0 Å². The lowest BCUT2D eigenvalue weighted by Gasteiger charge is -2.14. The van der Waals surface area contributed by atoms with Gasteiger partial charge in [0.05, 0.1) is 0 Å². The molecule has 8 aromatic carbocycles.